The van der Waals surface area contributed by atoms with Crippen LogP contribution in [0.15, 0.2) is 0 Å². The molecule has 29 heavy (non-hydrogen) atoms. The summed E-state index contributed by atoms with van der Waals surface area (Å²) in [5, 5.41) is 20.7. The normalized spacial score (nSPS) is 20.2. The van der Waals surface area contributed by atoms with Gasteiger partial charge in [0.2, 0.25) is 23.6 Å². The third-order valence-corrected chi connectivity index (χ3v) is 4.54. The van der Waals surface area contributed by atoms with E-state index in [2.05, 4.69) is 26.6 Å². The van der Waals surface area contributed by atoms with Crippen molar-refractivity contribution in [1.82, 2.24) is 26.6 Å². The van der Waals surface area contributed by atoms with Crippen LogP contribution in [0.5, 0.6) is 0 Å². The number of hydrogen-bond acceptors (Lipinski definition) is 6. The summed E-state index contributed by atoms with van der Waals surface area (Å²) in [6.45, 7) is 3.92. The Hall–Kier alpha value is -2.89. The van der Waals surface area contributed by atoms with E-state index in [-0.39, 0.29) is 29.7 Å². The standard InChI is InChI=1S/C17H32N8O4/c1-3-11(23-9(2)26)15(28)24-10-7-13(22-8-10)16(29)25-12(14(18)27)5-4-6-21-17(19)20/h10-13,22H,3-8H2,1-2H3,(H2,18,27)(H,23,26)(H,24,28)(H,25,29)(H4,19,20,21)/t10-,11?,12?,13?/m0/s1. The van der Waals surface area contributed by atoms with Crippen molar-refractivity contribution in [3.8, 4) is 0 Å². The first-order chi connectivity index (χ1) is 13.6. The highest BCUT2D eigenvalue weighted by Gasteiger charge is 2.33. The number of hydrogen-bond donors (Lipinski definition) is 8. The number of carbonyl (C=O) groups excluding carboxylic acids is 4. The lowest BCUT2D eigenvalue weighted by Gasteiger charge is -2.20. The molecule has 4 atom stereocenters. The van der Waals surface area contributed by atoms with Crippen LogP contribution in [0, 0.1) is 5.41 Å². The van der Waals surface area contributed by atoms with E-state index in [4.69, 9.17) is 16.9 Å². The summed E-state index contributed by atoms with van der Waals surface area (Å²) in [6.07, 6.45) is 1.61. The van der Waals surface area contributed by atoms with Crippen LogP contribution in [-0.4, -0.2) is 66.8 Å². The summed E-state index contributed by atoms with van der Waals surface area (Å²) >= 11 is 0. The van der Waals surface area contributed by atoms with Crippen molar-refractivity contribution in [3.05, 3.63) is 0 Å². The summed E-state index contributed by atoms with van der Waals surface area (Å²) in [5.74, 6) is -1.78. The van der Waals surface area contributed by atoms with Gasteiger partial charge in [0.15, 0.2) is 5.96 Å². The molecule has 1 aliphatic heterocycles. The van der Waals surface area contributed by atoms with Crippen LogP contribution in [0.2, 0.25) is 0 Å². The van der Waals surface area contributed by atoms with E-state index < -0.39 is 24.0 Å². The predicted octanol–water partition coefficient (Wildman–Crippen LogP) is -3.02. The molecule has 0 radical (unpaired) electrons. The maximum absolute atomic E-state index is 12.4. The van der Waals surface area contributed by atoms with Crippen LogP contribution in [0.4, 0.5) is 0 Å². The Morgan fingerprint density at radius 3 is 2.41 bits per heavy atom. The molecule has 10 N–H and O–H groups in total. The van der Waals surface area contributed by atoms with E-state index in [0.29, 0.717) is 38.8 Å². The van der Waals surface area contributed by atoms with Crippen molar-refractivity contribution in [2.75, 3.05) is 13.1 Å². The van der Waals surface area contributed by atoms with Gasteiger partial charge in [-0.25, -0.2) is 0 Å². The molecule has 1 heterocycles. The van der Waals surface area contributed by atoms with Crippen LogP contribution in [0.1, 0.15) is 39.5 Å². The van der Waals surface area contributed by atoms with Crippen molar-refractivity contribution in [3.63, 3.8) is 0 Å². The second-order valence-corrected chi connectivity index (χ2v) is 7.01. The first-order valence-electron chi connectivity index (χ1n) is 9.62. The predicted molar refractivity (Wildman–Crippen MR) is 107 cm³/mol. The molecule has 0 spiro atoms. The minimum Gasteiger partial charge on any atom is -0.370 e. The van der Waals surface area contributed by atoms with Gasteiger partial charge < -0.3 is 38.1 Å². The van der Waals surface area contributed by atoms with Gasteiger partial charge in [-0.15, -0.1) is 0 Å². The van der Waals surface area contributed by atoms with Gasteiger partial charge in [0.25, 0.3) is 0 Å². The Morgan fingerprint density at radius 1 is 1.17 bits per heavy atom. The fraction of sp³-hybridized carbons (Fsp3) is 0.706. The van der Waals surface area contributed by atoms with E-state index in [1.54, 1.807) is 6.92 Å². The molecule has 3 unspecified atom stereocenters. The monoisotopic (exact) mass is 412 g/mol. The molecule has 0 aromatic heterocycles. The van der Waals surface area contributed by atoms with E-state index in [9.17, 15) is 19.2 Å². The topological polar surface area (TPSA) is 204 Å². The third kappa shape index (κ3) is 8.77. The molecule has 4 amide bonds. The average Bonchev–Trinajstić information content (AvgIpc) is 3.09. The number of nitrogens with one attached hydrogen (secondary N) is 6. The molecule has 1 fully saturated rings. The summed E-state index contributed by atoms with van der Waals surface area (Å²) in [4.78, 5) is 47.5. The summed E-state index contributed by atoms with van der Waals surface area (Å²) in [7, 11) is 0. The van der Waals surface area contributed by atoms with Crippen LogP contribution in [0.3, 0.4) is 0 Å². The molecule has 1 rings (SSSR count). The Labute approximate surface area is 169 Å². The molecule has 0 aromatic carbocycles. The van der Waals surface area contributed by atoms with Gasteiger partial charge in [0.1, 0.15) is 12.1 Å². The summed E-state index contributed by atoms with van der Waals surface area (Å²) in [5.41, 5.74) is 10.5. The highest BCUT2D eigenvalue weighted by atomic mass is 16.2. The van der Waals surface area contributed by atoms with E-state index in [0.717, 1.165) is 0 Å². The van der Waals surface area contributed by atoms with Gasteiger partial charge in [-0.2, -0.15) is 0 Å². The molecule has 12 nitrogen and oxygen atoms in total. The molecule has 12 heteroatoms. The van der Waals surface area contributed by atoms with Crippen molar-refractivity contribution in [2.24, 2.45) is 11.5 Å². The maximum Gasteiger partial charge on any atom is 0.242 e. The number of rotatable bonds is 11. The zero-order valence-electron chi connectivity index (χ0n) is 16.8. The number of primary amides is 1. The quantitative estimate of drug-likeness (QED) is 0.100. The summed E-state index contributed by atoms with van der Waals surface area (Å²) in [6, 6.07) is -2.30. The number of amides is 4. The van der Waals surface area contributed by atoms with Crippen LogP contribution in [0.25, 0.3) is 0 Å². The largest absolute Gasteiger partial charge is 0.370 e. The first-order valence-corrected chi connectivity index (χ1v) is 9.62. The van der Waals surface area contributed by atoms with E-state index in [1.807, 2.05) is 0 Å². The zero-order chi connectivity index (χ0) is 22.0. The van der Waals surface area contributed by atoms with Crippen molar-refractivity contribution in [2.45, 2.75) is 63.7 Å². The van der Waals surface area contributed by atoms with Crippen LogP contribution < -0.4 is 38.1 Å². The SMILES string of the molecule is CCC(NC(C)=O)C(=O)N[C@@H]1CNC(C(=O)NC(CCCNC(=N)N)C(N)=O)C1. The zero-order valence-corrected chi connectivity index (χ0v) is 16.8. The van der Waals surface area contributed by atoms with Gasteiger partial charge >= 0.3 is 0 Å². The Kier molecular flexibility index (Phi) is 9.86. The minimum atomic E-state index is -0.837. The van der Waals surface area contributed by atoms with Crippen molar-refractivity contribution in [1.29, 1.82) is 5.41 Å². The number of carbonyl (C=O) groups is 4. The maximum atomic E-state index is 12.4. The summed E-state index contributed by atoms with van der Waals surface area (Å²) < 4.78 is 0. The molecule has 0 bridgehead atoms. The molecule has 164 valence electrons. The fourth-order valence-electron chi connectivity index (χ4n) is 3.03. The highest BCUT2D eigenvalue weighted by molar-refractivity contribution is 5.90. The minimum absolute atomic E-state index is 0.170. The first kappa shape index (κ1) is 24.1. The second-order valence-electron chi connectivity index (χ2n) is 7.01. The van der Waals surface area contributed by atoms with Crippen LogP contribution >= 0.6 is 0 Å². The number of nitrogens with two attached hydrogens (primary N) is 2. The molecule has 1 saturated heterocycles. The molecular weight excluding hydrogens is 380 g/mol. The van der Waals surface area contributed by atoms with Gasteiger partial charge in [-0.3, -0.25) is 24.6 Å². The Bertz CT molecular complexity index is 627. The Morgan fingerprint density at radius 2 is 1.86 bits per heavy atom. The lowest BCUT2D eigenvalue weighted by molar-refractivity contribution is -0.129. The average molecular weight is 412 g/mol. The van der Waals surface area contributed by atoms with Crippen molar-refractivity contribution < 1.29 is 19.2 Å². The number of guanidine groups is 1. The van der Waals surface area contributed by atoms with E-state index >= 15 is 0 Å². The third-order valence-electron chi connectivity index (χ3n) is 4.54. The van der Waals surface area contributed by atoms with Gasteiger partial charge in [-0.05, 0) is 25.7 Å². The fourth-order valence-corrected chi connectivity index (χ4v) is 3.03. The van der Waals surface area contributed by atoms with Gasteiger partial charge in [0.05, 0.1) is 6.04 Å². The highest BCUT2D eigenvalue weighted by Crippen LogP contribution is 2.09. The van der Waals surface area contributed by atoms with Crippen LogP contribution in [-0.2, 0) is 19.2 Å². The Balaban J connectivity index is 2.48. The van der Waals surface area contributed by atoms with Gasteiger partial charge in [-0.1, -0.05) is 6.92 Å². The lowest BCUT2D eigenvalue weighted by atomic mass is 10.1. The van der Waals surface area contributed by atoms with Crippen molar-refractivity contribution >= 4 is 29.6 Å². The molecule has 1 aliphatic rings. The second kappa shape index (κ2) is 11.8. The van der Waals surface area contributed by atoms with E-state index in [1.165, 1.54) is 6.92 Å². The molecule has 0 aromatic rings. The molecular formula is C17H32N8O4. The van der Waals surface area contributed by atoms with Gasteiger partial charge in [0, 0.05) is 26.1 Å². The molecule has 0 aliphatic carbocycles. The molecule has 0 saturated carbocycles. The lowest BCUT2D eigenvalue weighted by Crippen LogP contribution is -2.50. The smallest absolute Gasteiger partial charge is 0.242 e.